The van der Waals surface area contributed by atoms with Gasteiger partial charge in [0.1, 0.15) is 18.1 Å². The van der Waals surface area contributed by atoms with Crippen LogP contribution in [0, 0.1) is 0 Å². The Morgan fingerprint density at radius 2 is 2.53 bits per heavy atom. The van der Waals surface area contributed by atoms with Crippen molar-refractivity contribution in [2.24, 2.45) is 0 Å². The van der Waals surface area contributed by atoms with E-state index in [-0.39, 0.29) is 6.10 Å². The zero-order valence-electron chi connectivity index (χ0n) is 8.69. The van der Waals surface area contributed by atoms with Crippen molar-refractivity contribution >= 4 is 12.3 Å². The number of nitrogens with one attached hydrogen (secondary N) is 1. The molecule has 0 radical (unpaired) electrons. The first-order valence-corrected chi connectivity index (χ1v) is 5.02. The predicted molar refractivity (Wildman–Crippen MR) is 52.6 cm³/mol. The standard InChI is InChI=1S/C10H15NO4/c1-2-14-10(13)9-7-8(15-11-9)5-3-4-6-12/h6-8,11H,2-5H2,1H3. The van der Waals surface area contributed by atoms with Crippen LogP contribution in [0.3, 0.4) is 0 Å². The maximum atomic E-state index is 11.2. The molecule has 0 aromatic carbocycles. The van der Waals surface area contributed by atoms with E-state index in [9.17, 15) is 9.59 Å². The molecule has 84 valence electrons. The van der Waals surface area contributed by atoms with Crippen molar-refractivity contribution in [3.63, 3.8) is 0 Å². The second-order valence-electron chi connectivity index (χ2n) is 3.16. The fraction of sp³-hybridized carbons (Fsp3) is 0.600. The van der Waals surface area contributed by atoms with Crippen LogP contribution in [-0.2, 0) is 19.2 Å². The van der Waals surface area contributed by atoms with Crippen molar-refractivity contribution in [3.8, 4) is 0 Å². The lowest BCUT2D eigenvalue weighted by Crippen LogP contribution is -2.18. The molecule has 0 bridgehead atoms. The molecule has 1 N–H and O–H groups in total. The summed E-state index contributed by atoms with van der Waals surface area (Å²) in [4.78, 5) is 26.4. The van der Waals surface area contributed by atoms with Gasteiger partial charge in [0.25, 0.3) is 0 Å². The lowest BCUT2D eigenvalue weighted by molar-refractivity contribution is -0.140. The van der Waals surface area contributed by atoms with Gasteiger partial charge in [0, 0.05) is 6.42 Å². The van der Waals surface area contributed by atoms with Crippen LogP contribution in [0.2, 0.25) is 0 Å². The molecule has 0 saturated heterocycles. The van der Waals surface area contributed by atoms with Gasteiger partial charge < -0.3 is 9.53 Å². The highest BCUT2D eigenvalue weighted by Gasteiger charge is 2.21. The summed E-state index contributed by atoms with van der Waals surface area (Å²) in [5.41, 5.74) is 2.86. The molecule has 0 amide bonds. The quantitative estimate of drug-likeness (QED) is 0.400. The highest BCUT2D eigenvalue weighted by Crippen LogP contribution is 2.13. The summed E-state index contributed by atoms with van der Waals surface area (Å²) >= 11 is 0. The van der Waals surface area contributed by atoms with Crippen LogP contribution >= 0.6 is 0 Å². The van der Waals surface area contributed by atoms with Gasteiger partial charge in [0.2, 0.25) is 0 Å². The number of aldehydes is 1. The van der Waals surface area contributed by atoms with E-state index in [1.54, 1.807) is 13.0 Å². The molecule has 0 aromatic rings. The Labute approximate surface area is 88.4 Å². The van der Waals surface area contributed by atoms with E-state index in [0.29, 0.717) is 25.1 Å². The average Bonchev–Trinajstić information content (AvgIpc) is 2.67. The normalized spacial score (nSPS) is 19.3. The van der Waals surface area contributed by atoms with Gasteiger partial charge in [-0.05, 0) is 25.8 Å². The third-order valence-corrected chi connectivity index (χ3v) is 1.98. The topological polar surface area (TPSA) is 64.6 Å². The SMILES string of the molecule is CCOC(=O)C1=CC(CCCC=O)ON1. The zero-order valence-corrected chi connectivity index (χ0v) is 8.69. The number of rotatable bonds is 6. The van der Waals surface area contributed by atoms with Crippen molar-refractivity contribution in [2.45, 2.75) is 32.3 Å². The van der Waals surface area contributed by atoms with Crippen LogP contribution in [0.15, 0.2) is 11.8 Å². The minimum atomic E-state index is -0.407. The Hall–Kier alpha value is -1.36. The molecule has 5 heteroatoms. The number of hydrogen-bond acceptors (Lipinski definition) is 5. The van der Waals surface area contributed by atoms with Gasteiger partial charge in [0.05, 0.1) is 6.61 Å². The predicted octanol–water partition coefficient (Wildman–Crippen LogP) is 0.706. The van der Waals surface area contributed by atoms with E-state index >= 15 is 0 Å². The molecule has 1 aliphatic heterocycles. The molecule has 5 nitrogen and oxygen atoms in total. The van der Waals surface area contributed by atoms with Gasteiger partial charge in [-0.15, -0.1) is 0 Å². The van der Waals surface area contributed by atoms with Gasteiger partial charge in [-0.3, -0.25) is 10.3 Å². The maximum Gasteiger partial charge on any atom is 0.356 e. The fourth-order valence-electron chi connectivity index (χ4n) is 1.26. The number of ether oxygens (including phenoxy) is 1. The number of carbonyl (C=O) groups excluding carboxylic acids is 2. The number of hydrogen-bond donors (Lipinski definition) is 1. The molecule has 1 heterocycles. The molecule has 1 rings (SSSR count). The van der Waals surface area contributed by atoms with Crippen LogP contribution in [0.25, 0.3) is 0 Å². The van der Waals surface area contributed by atoms with Crippen molar-refractivity contribution < 1.29 is 19.2 Å². The summed E-state index contributed by atoms with van der Waals surface area (Å²) in [6.07, 6.45) is 4.39. The van der Waals surface area contributed by atoms with Gasteiger partial charge in [0.15, 0.2) is 0 Å². The minimum absolute atomic E-state index is 0.149. The van der Waals surface area contributed by atoms with Crippen LogP contribution in [-0.4, -0.2) is 25.0 Å². The minimum Gasteiger partial charge on any atom is -0.461 e. The van der Waals surface area contributed by atoms with Gasteiger partial charge in [-0.1, -0.05) is 0 Å². The van der Waals surface area contributed by atoms with Gasteiger partial charge in [-0.2, -0.15) is 0 Å². The molecule has 0 aliphatic carbocycles. The molecular weight excluding hydrogens is 198 g/mol. The highest BCUT2D eigenvalue weighted by molar-refractivity contribution is 5.87. The molecule has 1 atom stereocenters. The lowest BCUT2D eigenvalue weighted by Gasteiger charge is -2.04. The summed E-state index contributed by atoms with van der Waals surface area (Å²) in [5.74, 6) is -0.407. The summed E-state index contributed by atoms with van der Waals surface area (Å²) < 4.78 is 4.79. The van der Waals surface area contributed by atoms with E-state index in [0.717, 1.165) is 12.7 Å². The number of hydroxylamine groups is 1. The Morgan fingerprint density at radius 3 is 3.20 bits per heavy atom. The van der Waals surface area contributed by atoms with E-state index in [1.165, 1.54) is 0 Å². The monoisotopic (exact) mass is 213 g/mol. The first-order valence-electron chi connectivity index (χ1n) is 5.02. The molecule has 0 aromatic heterocycles. The molecule has 1 unspecified atom stereocenters. The molecule has 0 spiro atoms. The largest absolute Gasteiger partial charge is 0.461 e. The fourth-order valence-corrected chi connectivity index (χ4v) is 1.26. The van der Waals surface area contributed by atoms with Crippen molar-refractivity contribution in [1.82, 2.24) is 5.48 Å². The highest BCUT2D eigenvalue weighted by atomic mass is 16.7. The van der Waals surface area contributed by atoms with Crippen molar-refractivity contribution in [2.75, 3.05) is 6.61 Å². The average molecular weight is 213 g/mol. The first-order chi connectivity index (χ1) is 7.27. The second-order valence-corrected chi connectivity index (χ2v) is 3.16. The van der Waals surface area contributed by atoms with Crippen LogP contribution in [0.4, 0.5) is 0 Å². The van der Waals surface area contributed by atoms with Crippen LogP contribution < -0.4 is 5.48 Å². The smallest absolute Gasteiger partial charge is 0.356 e. The maximum absolute atomic E-state index is 11.2. The van der Waals surface area contributed by atoms with Crippen LogP contribution in [0.5, 0.6) is 0 Å². The zero-order chi connectivity index (χ0) is 11.1. The molecule has 0 fully saturated rings. The molecular formula is C10H15NO4. The van der Waals surface area contributed by atoms with Gasteiger partial charge in [-0.25, -0.2) is 4.79 Å². The Morgan fingerprint density at radius 1 is 1.73 bits per heavy atom. The molecule has 15 heavy (non-hydrogen) atoms. The first kappa shape index (κ1) is 11.7. The van der Waals surface area contributed by atoms with E-state index in [4.69, 9.17) is 9.57 Å². The van der Waals surface area contributed by atoms with E-state index in [1.807, 2.05) is 0 Å². The summed E-state index contributed by atoms with van der Waals surface area (Å²) in [6.45, 7) is 2.09. The Balaban J connectivity index is 2.33. The summed E-state index contributed by atoms with van der Waals surface area (Å²) in [5, 5.41) is 0. The van der Waals surface area contributed by atoms with Crippen molar-refractivity contribution in [3.05, 3.63) is 11.8 Å². The van der Waals surface area contributed by atoms with E-state index in [2.05, 4.69) is 5.48 Å². The third-order valence-electron chi connectivity index (χ3n) is 1.98. The molecule has 0 saturated carbocycles. The Bertz CT molecular complexity index is 262. The lowest BCUT2D eigenvalue weighted by atomic mass is 10.1. The van der Waals surface area contributed by atoms with E-state index < -0.39 is 5.97 Å². The van der Waals surface area contributed by atoms with Crippen LogP contribution in [0.1, 0.15) is 26.2 Å². The summed E-state index contributed by atoms with van der Waals surface area (Å²) in [7, 11) is 0. The summed E-state index contributed by atoms with van der Waals surface area (Å²) in [6, 6.07) is 0. The van der Waals surface area contributed by atoms with Gasteiger partial charge >= 0.3 is 5.97 Å². The molecule has 1 aliphatic rings. The second kappa shape index (κ2) is 6.19. The third kappa shape index (κ3) is 3.71. The number of carbonyl (C=O) groups is 2. The van der Waals surface area contributed by atoms with Crippen molar-refractivity contribution in [1.29, 1.82) is 0 Å². The number of esters is 1. The number of unbranched alkanes of at least 4 members (excludes halogenated alkanes) is 1. The Kier molecular flexibility index (Phi) is 4.83.